The second-order valence-corrected chi connectivity index (χ2v) is 4.42. The van der Waals surface area contributed by atoms with Gasteiger partial charge in [0.05, 0.1) is 0 Å². The first kappa shape index (κ1) is 16.9. The first-order valence-electron chi connectivity index (χ1n) is 6.21. The van der Waals surface area contributed by atoms with Gasteiger partial charge in [-0.1, -0.05) is 37.3 Å². The van der Waals surface area contributed by atoms with Gasteiger partial charge in [0.15, 0.2) is 0 Å². The summed E-state index contributed by atoms with van der Waals surface area (Å²) >= 11 is 0. The van der Waals surface area contributed by atoms with Crippen molar-refractivity contribution in [2.24, 2.45) is 5.73 Å². The fourth-order valence-corrected chi connectivity index (χ4v) is 1.84. The van der Waals surface area contributed by atoms with Crippen LogP contribution in [0, 0.1) is 0 Å². The van der Waals surface area contributed by atoms with Crippen LogP contribution in [0.5, 0.6) is 0 Å². The number of hydrogen-bond acceptors (Lipinski definition) is 2. The molecule has 0 radical (unpaired) electrons. The molecule has 1 unspecified atom stereocenters. The minimum atomic E-state index is 0. The smallest absolute Gasteiger partial charge is 0.220 e. The average Bonchev–Trinajstić information content (AvgIpc) is 2.36. The van der Waals surface area contributed by atoms with Crippen LogP contribution in [0.3, 0.4) is 0 Å². The number of nitrogens with one attached hydrogen (secondary N) is 1. The Balaban J connectivity index is 0.00000289. The maximum Gasteiger partial charge on any atom is 0.220 e. The van der Waals surface area contributed by atoms with Gasteiger partial charge in [-0.25, -0.2) is 0 Å². The van der Waals surface area contributed by atoms with E-state index in [2.05, 4.69) is 24.4 Å². The normalized spacial score (nSPS) is 13.3. The van der Waals surface area contributed by atoms with Crippen molar-refractivity contribution >= 4 is 18.3 Å². The Hall–Kier alpha value is -1.06. The lowest BCUT2D eigenvalue weighted by Crippen LogP contribution is -2.38. The predicted octanol–water partition coefficient (Wildman–Crippen LogP) is 2.46. The van der Waals surface area contributed by atoms with Crippen molar-refractivity contribution in [3.63, 3.8) is 0 Å². The second-order valence-electron chi connectivity index (χ2n) is 4.42. The van der Waals surface area contributed by atoms with E-state index in [1.165, 1.54) is 5.56 Å². The van der Waals surface area contributed by atoms with Gasteiger partial charge in [0.25, 0.3) is 0 Å². The molecule has 0 saturated carbocycles. The van der Waals surface area contributed by atoms with Crippen molar-refractivity contribution in [3.8, 4) is 0 Å². The molecule has 18 heavy (non-hydrogen) atoms. The van der Waals surface area contributed by atoms with E-state index in [-0.39, 0.29) is 24.4 Å². The third-order valence-corrected chi connectivity index (χ3v) is 2.96. The summed E-state index contributed by atoms with van der Waals surface area (Å²) in [6.07, 6.45) is 1.50. The molecule has 1 aromatic rings. The van der Waals surface area contributed by atoms with Crippen molar-refractivity contribution in [1.82, 2.24) is 5.32 Å². The molecule has 0 heterocycles. The molecule has 102 valence electrons. The van der Waals surface area contributed by atoms with E-state index >= 15 is 0 Å². The van der Waals surface area contributed by atoms with Crippen LogP contribution in [0.25, 0.3) is 0 Å². The Morgan fingerprint density at radius 1 is 1.33 bits per heavy atom. The lowest BCUT2D eigenvalue weighted by Gasteiger charge is -2.17. The molecule has 1 rings (SSSR count). The topological polar surface area (TPSA) is 55.1 Å². The lowest BCUT2D eigenvalue weighted by molar-refractivity contribution is -0.122. The van der Waals surface area contributed by atoms with Gasteiger partial charge in [-0.3, -0.25) is 4.79 Å². The summed E-state index contributed by atoms with van der Waals surface area (Å²) in [7, 11) is 0. The fraction of sp³-hybridized carbons (Fsp3) is 0.500. The molecule has 0 fully saturated rings. The maximum atomic E-state index is 11.8. The molecule has 1 aromatic carbocycles. The van der Waals surface area contributed by atoms with Gasteiger partial charge in [-0.05, 0) is 24.8 Å². The van der Waals surface area contributed by atoms with Crippen molar-refractivity contribution in [2.75, 3.05) is 6.54 Å². The molecule has 0 aromatic heterocycles. The van der Waals surface area contributed by atoms with Gasteiger partial charge in [0.1, 0.15) is 0 Å². The van der Waals surface area contributed by atoms with Crippen molar-refractivity contribution < 1.29 is 4.79 Å². The van der Waals surface area contributed by atoms with Gasteiger partial charge >= 0.3 is 0 Å². The van der Waals surface area contributed by atoms with E-state index < -0.39 is 0 Å². The van der Waals surface area contributed by atoms with Crippen LogP contribution in [-0.2, 0) is 4.79 Å². The summed E-state index contributed by atoms with van der Waals surface area (Å²) in [6.45, 7) is 4.51. The van der Waals surface area contributed by atoms with Crippen LogP contribution in [0.4, 0.5) is 0 Å². The number of hydrogen-bond donors (Lipinski definition) is 2. The molecule has 0 spiro atoms. The minimum absolute atomic E-state index is 0. The minimum Gasteiger partial charge on any atom is -0.352 e. The van der Waals surface area contributed by atoms with E-state index in [1.54, 1.807) is 0 Å². The molecule has 0 aliphatic heterocycles. The van der Waals surface area contributed by atoms with Crippen LogP contribution in [-0.4, -0.2) is 18.5 Å². The van der Waals surface area contributed by atoms with Crippen LogP contribution in [0.2, 0.25) is 0 Å². The van der Waals surface area contributed by atoms with E-state index in [9.17, 15) is 4.79 Å². The molecule has 1 amide bonds. The predicted molar refractivity (Wildman–Crippen MR) is 78.0 cm³/mol. The van der Waals surface area contributed by atoms with Gasteiger partial charge in [0.2, 0.25) is 5.91 Å². The standard InChI is InChI=1S/C14H22N2O.ClH/c1-3-12(13-7-5-4-6-8-13)9-14(17)16-11(2)10-15;/h4-8,11-12H,3,9-10,15H2,1-2H3,(H,16,17);1H/t11-,12?;/m0./s1. The van der Waals surface area contributed by atoms with E-state index in [1.807, 2.05) is 25.1 Å². The maximum absolute atomic E-state index is 11.8. The number of halogens is 1. The molecule has 2 atom stereocenters. The largest absolute Gasteiger partial charge is 0.352 e. The molecule has 3 N–H and O–H groups in total. The molecule has 3 nitrogen and oxygen atoms in total. The molecule has 0 saturated heterocycles. The van der Waals surface area contributed by atoms with Crippen LogP contribution in [0.1, 0.15) is 38.2 Å². The van der Waals surface area contributed by atoms with Crippen LogP contribution in [0.15, 0.2) is 30.3 Å². The Kier molecular flexibility index (Phi) is 8.42. The van der Waals surface area contributed by atoms with Crippen LogP contribution >= 0.6 is 12.4 Å². The van der Waals surface area contributed by atoms with E-state index in [0.717, 1.165) is 6.42 Å². The van der Waals surface area contributed by atoms with Crippen molar-refractivity contribution in [3.05, 3.63) is 35.9 Å². The fourth-order valence-electron chi connectivity index (χ4n) is 1.84. The van der Waals surface area contributed by atoms with Gasteiger partial charge in [-0.15, -0.1) is 12.4 Å². The van der Waals surface area contributed by atoms with Gasteiger partial charge in [-0.2, -0.15) is 0 Å². The van der Waals surface area contributed by atoms with E-state index in [4.69, 9.17) is 5.73 Å². The number of benzene rings is 1. The first-order chi connectivity index (χ1) is 8.17. The zero-order valence-corrected chi connectivity index (χ0v) is 11.9. The summed E-state index contributed by atoms with van der Waals surface area (Å²) < 4.78 is 0. The summed E-state index contributed by atoms with van der Waals surface area (Å²) in [5.74, 6) is 0.375. The Morgan fingerprint density at radius 3 is 2.44 bits per heavy atom. The third kappa shape index (κ3) is 5.52. The summed E-state index contributed by atoms with van der Waals surface area (Å²) in [4.78, 5) is 11.8. The zero-order chi connectivity index (χ0) is 12.7. The van der Waals surface area contributed by atoms with Gasteiger partial charge < -0.3 is 11.1 Å². The number of amides is 1. The van der Waals surface area contributed by atoms with Crippen molar-refractivity contribution in [1.29, 1.82) is 0 Å². The second kappa shape index (κ2) is 8.95. The van der Waals surface area contributed by atoms with Crippen LogP contribution < -0.4 is 11.1 Å². The Bertz CT molecular complexity index is 343. The zero-order valence-electron chi connectivity index (χ0n) is 11.1. The molecular weight excluding hydrogens is 248 g/mol. The average molecular weight is 271 g/mol. The summed E-state index contributed by atoms with van der Waals surface area (Å²) in [5, 5.41) is 2.90. The summed E-state index contributed by atoms with van der Waals surface area (Å²) in [6, 6.07) is 10.2. The highest BCUT2D eigenvalue weighted by atomic mass is 35.5. The molecule has 4 heteroatoms. The highest BCUT2D eigenvalue weighted by Crippen LogP contribution is 2.22. The highest BCUT2D eigenvalue weighted by Gasteiger charge is 2.14. The van der Waals surface area contributed by atoms with Gasteiger partial charge in [0, 0.05) is 19.0 Å². The Labute approximate surface area is 116 Å². The summed E-state index contributed by atoms with van der Waals surface area (Å²) in [5.41, 5.74) is 6.71. The Morgan fingerprint density at radius 2 is 1.94 bits per heavy atom. The SMILES string of the molecule is CCC(CC(=O)N[C@@H](C)CN)c1ccccc1.Cl. The highest BCUT2D eigenvalue weighted by molar-refractivity contribution is 5.85. The first-order valence-corrected chi connectivity index (χ1v) is 6.21. The van der Waals surface area contributed by atoms with E-state index in [0.29, 0.717) is 18.9 Å². The monoisotopic (exact) mass is 270 g/mol. The number of nitrogens with two attached hydrogens (primary N) is 1. The lowest BCUT2D eigenvalue weighted by atomic mass is 9.93. The quantitative estimate of drug-likeness (QED) is 0.834. The molecule has 0 bridgehead atoms. The molecule has 0 aliphatic rings. The number of rotatable bonds is 6. The number of carbonyl (C=O) groups is 1. The van der Waals surface area contributed by atoms with Crippen molar-refractivity contribution in [2.45, 2.75) is 38.6 Å². The third-order valence-electron chi connectivity index (χ3n) is 2.96. The molecular formula is C14H23ClN2O. The molecule has 0 aliphatic carbocycles. The number of carbonyl (C=O) groups excluding carboxylic acids is 1.